The van der Waals surface area contributed by atoms with Crippen LogP contribution in [0.1, 0.15) is 18.4 Å². The van der Waals surface area contributed by atoms with Crippen LogP contribution in [-0.4, -0.2) is 6.67 Å². The third-order valence-corrected chi connectivity index (χ3v) is 2.14. The molecule has 0 aliphatic rings. The molecule has 0 heterocycles. The van der Waals surface area contributed by atoms with Gasteiger partial charge in [0.05, 0.1) is 11.7 Å². The molecule has 0 aromatic heterocycles. The van der Waals surface area contributed by atoms with Crippen molar-refractivity contribution in [3.63, 3.8) is 0 Å². The molecule has 66 valence electrons. The van der Waals surface area contributed by atoms with E-state index in [0.29, 0.717) is 5.56 Å². The van der Waals surface area contributed by atoms with E-state index in [9.17, 15) is 8.78 Å². The van der Waals surface area contributed by atoms with Crippen LogP contribution >= 0.6 is 11.6 Å². The number of alkyl halides is 1. The lowest BCUT2D eigenvalue weighted by atomic mass is 10.0. The zero-order chi connectivity index (χ0) is 9.14. The zero-order valence-corrected chi connectivity index (χ0v) is 7.41. The second-order valence-electron chi connectivity index (χ2n) is 2.70. The molecule has 0 nitrogen and oxygen atoms in total. The van der Waals surface area contributed by atoms with Crippen LogP contribution in [0.5, 0.6) is 0 Å². The normalized spacial score (nSPS) is 13.0. The number of hydrogen-bond donors (Lipinski definition) is 0. The molecular weight excluding hydrogens is 182 g/mol. The van der Waals surface area contributed by atoms with E-state index in [4.69, 9.17) is 11.6 Å². The van der Waals surface area contributed by atoms with Gasteiger partial charge in [0.25, 0.3) is 0 Å². The molecule has 0 saturated heterocycles. The third kappa shape index (κ3) is 1.75. The van der Waals surface area contributed by atoms with Gasteiger partial charge in [0, 0.05) is 5.92 Å². The van der Waals surface area contributed by atoms with Crippen LogP contribution in [0.25, 0.3) is 0 Å². The molecule has 1 unspecified atom stereocenters. The molecule has 0 bridgehead atoms. The SMILES string of the molecule is CC(CF)c1cccc(F)c1Cl. The van der Waals surface area contributed by atoms with Gasteiger partial charge >= 0.3 is 0 Å². The molecule has 12 heavy (non-hydrogen) atoms. The molecule has 0 N–H and O–H groups in total. The van der Waals surface area contributed by atoms with E-state index in [1.807, 2.05) is 0 Å². The Hall–Kier alpha value is -0.630. The first kappa shape index (κ1) is 9.46. The molecule has 0 fully saturated rings. The Bertz CT molecular complexity index is 273. The average molecular weight is 191 g/mol. The van der Waals surface area contributed by atoms with Gasteiger partial charge in [-0.2, -0.15) is 0 Å². The summed E-state index contributed by atoms with van der Waals surface area (Å²) in [6, 6.07) is 4.43. The Kier molecular flexibility index (Phi) is 3.04. The van der Waals surface area contributed by atoms with Crippen molar-refractivity contribution in [1.82, 2.24) is 0 Å². The van der Waals surface area contributed by atoms with Gasteiger partial charge in [0.15, 0.2) is 0 Å². The molecule has 1 aromatic carbocycles. The first-order valence-corrected chi connectivity index (χ1v) is 4.04. The molecule has 1 atom stereocenters. The maximum atomic E-state index is 12.8. The van der Waals surface area contributed by atoms with Gasteiger partial charge in [-0.05, 0) is 11.6 Å². The zero-order valence-electron chi connectivity index (χ0n) is 6.65. The number of halogens is 3. The van der Waals surface area contributed by atoms with Crippen LogP contribution in [-0.2, 0) is 0 Å². The van der Waals surface area contributed by atoms with Crippen molar-refractivity contribution in [2.45, 2.75) is 12.8 Å². The van der Waals surface area contributed by atoms with E-state index >= 15 is 0 Å². The highest BCUT2D eigenvalue weighted by Crippen LogP contribution is 2.26. The average Bonchev–Trinajstić information content (AvgIpc) is 2.08. The first-order chi connectivity index (χ1) is 5.66. The lowest BCUT2D eigenvalue weighted by Gasteiger charge is -2.09. The summed E-state index contributed by atoms with van der Waals surface area (Å²) < 4.78 is 25.0. The molecule has 1 rings (SSSR count). The Morgan fingerprint density at radius 2 is 2.17 bits per heavy atom. The fourth-order valence-corrected chi connectivity index (χ4v) is 1.30. The number of hydrogen-bond acceptors (Lipinski definition) is 0. The summed E-state index contributed by atoms with van der Waals surface area (Å²) in [6.45, 7) is 1.14. The summed E-state index contributed by atoms with van der Waals surface area (Å²) in [7, 11) is 0. The molecule has 0 radical (unpaired) electrons. The molecule has 3 heteroatoms. The van der Waals surface area contributed by atoms with Crippen LogP contribution in [0.15, 0.2) is 18.2 Å². The lowest BCUT2D eigenvalue weighted by molar-refractivity contribution is 0.446. The van der Waals surface area contributed by atoms with E-state index < -0.39 is 12.5 Å². The fourth-order valence-electron chi connectivity index (χ4n) is 0.984. The van der Waals surface area contributed by atoms with Crippen molar-refractivity contribution in [3.8, 4) is 0 Å². The quantitative estimate of drug-likeness (QED) is 0.669. The summed E-state index contributed by atoms with van der Waals surface area (Å²) in [5.41, 5.74) is 0.527. The lowest BCUT2D eigenvalue weighted by Crippen LogP contribution is -1.97. The predicted octanol–water partition coefficient (Wildman–Crippen LogP) is 3.55. The first-order valence-electron chi connectivity index (χ1n) is 3.66. The van der Waals surface area contributed by atoms with Crippen LogP contribution < -0.4 is 0 Å². The molecule has 0 spiro atoms. The predicted molar refractivity (Wildman–Crippen MR) is 45.8 cm³/mol. The largest absolute Gasteiger partial charge is 0.250 e. The van der Waals surface area contributed by atoms with Crippen LogP contribution in [0.4, 0.5) is 8.78 Å². The molecular formula is C9H9ClF2. The highest BCUT2D eigenvalue weighted by Gasteiger charge is 2.11. The minimum absolute atomic E-state index is 0.0302. The van der Waals surface area contributed by atoms with Gasteiger partial charge in [-0.15, -0.1) is 0 Å². The van der Waals surface area contributed by atoms with E-state index in [1.165, 1.54) is 12.1 Å². The Morgan fingerprint density at radius 3 is 2.75 bits per heavy atom. The van der Waals surface area contributed by atoms with Gasteiger partial charge in [0.2, 0.25) is 0 Å². The monoisotopic (exact) mass is 190 g/mol. The van der Waals surface area contributed by atoms with Crippen molar-refractivity contribution < 1.29 is 8.78 Å². The van der Waals surface area contributed by atoms with Crippen molar-refractivity contribution in [2.24, 2.45) is 0 Å². The summed E-state index contributed by atoms with van der Waals surface area (Å²) in [4.78, 5) is 0. The van der Waals surface area contributed by atoms with Crippen molar-refractivity contribution in [1.29, 1.82) is 0 Å². The maximum Gasteiger partial charge on any atom is 0.142 e. The topological polar surface area (TPSA) is 0 Å². The highest BCUT2D eigenvalue weighted by atomic mass is 35.5. The second-order valence-corrected chi connectivity index (χ2v) is 3.08. The van der Waals surface area contributed by atoms with Gasteiger partial charge in [-0.25, -0.2) is 4.39 Å². The minimum Gasteiger partial charge on any atom is -0.250 e. The molecule has 0 saturated carbocycles. The smallest absolute Gasteiger partial charge is 0.142 e. The van der Waals surface area contributed by atoms with Gasteiger partial charge in [-0.3, -0.25) is 4.39 Å². The van der Waals surface area contributed by atoms with E-state index in [-0.39, 0.29) is 10.9 Å². The van der Waals surface area contributed by atoms with Crippen LogP contribution in [0.3, 0.4) is 0 Å². The molecule has 0 aliphatic heterocycles. The van der Waals surface area contributed by atoms with E-state index in [0.717, 1.165) is 0 Å². The Morgan fingerprint density at radius 1 is 1.50 bits per heavy atom. The Labute approximate surface area is 75.2 Å². The van der Waals surface area contributed by atoms with Crippen molar-refractivity contribution in [2.75, 3.05) is 6.67 Å². The van der Waals surface area contributed by atoms with Crippen LogP contribution in [0.2, 0.25) is 5.02 Å². The fraction of sp³-hybridized carbons (Fsp3) is 0.333. The van der Waals surface area contributed by atoms with E-state index in [1.54, 1.807) is 13.0 Å². The Balaban J connectivity index is 3.07. The van der Waals surface area contributed by atoms with Gasteiger partial charge in [-0.1, -0.05) is 30.7 Å². The number of benzene rings is 1. The summed E-state index contributed by atoms with van der Waals surface area (Å²) >= 11 is 5.63. The van der Waals surface area contributed by atoms with E-state index in [2.05, 4.69) is 0 Å². The third-order valence-electron chi connectivity index (χ3n) is 1.74. The summed E-state index contributed by atoms with van der Waals surface area (Å²) in [5.74, 6) is -0.831. The van der Waals surface area contributed by atoms with Crippen molar-refractivity contribution in [3.05, 3.63) is 34.6 Å². The summed E-state index contributed by atoms with van der Waals surface area (Å²) in [5, 5.41) is 0.0302. The summed E-state index contributed by atoms with van der Waals surface area (Å²) in [6.07, 6.45) is 0. The standard InChI is InChI=1S/C9H9ClF2/c1-6(5-11)7-3-2-4-8(12)9(7)10/h2-4,6H,5H2,1H3. The van der Waals surface area contributed by atoms with Crippen LogP contribution in [0, 0.1) is 5.82 Å². The van der Waals surface area contributed by atoms with Gasteiger partial charge < -0.3 is 0 Å². The molecule has 0 aliphatic carbocycles. The second kappa shape index (κ2) is 3.85. The molecule has 1 aromatic rings. The maximum absolute atomic E-state index is 12.8. The highest BCUT2D eigenvalue weighted by molar-refractivity contribution is 6.31. The van der Waals surface area contributed by atoms with Gasteiger partial charge in [0.1, 0.15) is 5.82 Å². The van der Waals surface area contributed by atoms with Crippen molar-refractivity contribution >= 4 is 11.6 Å². The molecule has 0 amide bonds. The number of rotatable bonds is 2. The minimum atomic E-state index is -0.525.